The van der Waals surface area contributed by atoms with Crippen molar-refractivity contribution < 1.29 is 9.53 Å². The summed E-state index contributed by atoms with van der Waals surface area (Å²) in [6.45, 7) is 0.582. The van der Waals surface area contributed by atoms with Crippen LogP contribution in [-0.2, 0) is 17.9 Å². The summed E-state index contributed by atoms with van der Waals surface area (Å²) in [5.74, 6) is 0.561. The van der Waals surface area contributed by atoms with Crippen molar-refractivity contribution >= 4 is 29.0 Å². The number of benzene rings is 2. The number of hydrogen-bond donors (Lipinski definition) is 2. The lowest BCUT2D eigenvalue weighted by Crippen LogP contribution is -2.28. The van der Waals surface area contributed by atoms with Crippen LogP contribution in [0.1, 0.15) is 12.0 Å². The minimum Gasteiger partial charge on any atom is -0.496 e. The fourth-order valence-corrected chi connectivity index (χ4v) is 3.03. The molecule has 0 unspecified atom stereocenters. The molecule has 2 N–H and O–H groups in total. The first kappa shape index (κ1) is 17.9. The smallest absolute Gasteiger partial charge is 0.262 e. The second kappa shape index (κ2) is 7.97. The van der Waals surface area contributed by atoms with Crippen LogP contribution in [0.3, 0.4) is 0 Å². The number of aromatic nitrogens is 2. The zero-order valence-corrected chi connectivity index (χ0v) is 15.1. The highest BCUT2D eigenvalue weighted by Crippen LogP contribution is 2.16. The molecule has 134 valence electrons. The van der Waals surface area contributed by atoms with Crippen LogP contribution in [0, 0.1) is 4.77 Å². The number of amides is 1. The Hall–Kier alpha value is -2.93. The zero-order chi connectivity index (χ0) is 18.5. The normalized spacial score (nSPS) is 10.7. The molecule has 7 heteroatoms. The van der Waals surface area contributed by atoms with Gasteiger partial charge >= 0.3 is 0 Å². The third kappa shape index (κ3) is 3.83. The van der Waals surface area contributed by atoms with Crippen LogP contribution in [0.15, 0.2) is 53.3 Å². The Bertz CT molecular complexity index is 1060. The molecule has 0 saturated carbocycles. The van der Waals surface area contributed by atoms with Gasteiger partial charge in [-0.15, -0.1) is 0 Å². The Kier molecular flexibility index (Phi) is 5.48. The lowest BCUT2D eigenvalue weighted by atomic mass is 10.2. The molecule has 3 rings (SSSR count). The maximum Gasteiger partial charge on any atom is 0.262 e. The van der Waals surface area contributed by atoms with E-state index in [1.165, 1.54) is 4.57 Å². The van der Waals surface area contributed by atoms with E-state index in [-0.39, 0.29) is 24.4 Å². The fraction of sp³-hybridized carbons (Fsp3) is 0.211. The van der Waals surface area contributed by atoms with Gasteiger partial charge in [-0.3, -0.25) is 14.2 Å². The van der Waals surface area contributed by atoms with Gasteiger partial charge in [0, 0.05) is 25.1 Å². The van der Waals surface area contributed by atoms with E-state index in [0.29, 0.717) is 22.2 Å². The molecule has 3 aromatic rings. The lowest BCUT2D eigenvalue weighted by molar-refractivity contribution is -0.121. The predicted molar refractivity (Wildman–Crippen MR) is 103 cm³/mol. The first-order valence-corrected chi connectivity index (χ1v) is 8.61. The van der Waals surface area contributed by atoms with Gasteiger partial charge in [0.2, 0.25) is 5.91 Å². The van der Waals surface area contributed by atoms with Crippen LogP contribution in [0.25, 0.3) is 10.9 Å². The maximum absolute atomic E-state index is 12.6. The van der Waals surface area contributed by atoms with E-state index < -0.39 is 0 Å². The number of ether oxygens (including phenoxy) is 1. The van der Waals surface area contributed by atoms with E-state index in [1.54, 1.807) is 25.3 Å². The van der Waals surface area contributed by atoms with Gasteiger partial charge in [-0.05, 0) is 30.4 Å². The van der Waals surface area contributed by atoms with E-state index >= 15 is 0 Å². The molecular weight excluding hydrogens is 350 g/mol. The molecule has 0 saturated heterocycles. The molecule has 2 aromatic carbocycles. The van der Waals surface area contributed by atoms with Crippen molar-refractivity contribution in [1.29, 1.82) is 0 Å². The van der Waals surface area contributed by atoms with Crippen molar-refractivity contribution in [1.82, 2.24) is 14.9 Å². The number of methoxy groups -OCH3 is 1. The van der Waals surface area contributed by atoms with Crippen LogP contribution in [0.4, 0.5) is 0 Å². The van der Waals surface area contributed by atoms with Gasteiger partial charge in [-0.2, -0.15) is 0 Å². The van der Waals surface area contributed by atoms with Gasteiger partial charge in [0.25, 0.3) is 5.56 Å². The SMILES string of the molecule is COc1ccccc1CNC(=O)CCn1c(=S)[nH]c2ccccc2c1=O. The van der Waals surface area contributed by atoms with E-state index in [0.717, 1.165) is 11.3 Å². The number of carbonyl (C=O) groups is 1. The molecule has 0 bridgehead atoms. The third-order valence-corrected chi connectivity index (χ3v) is 4.44. The molecule has 1 heterocycles. The first-order valence-electron chi connectivity index (χ1n) is 8.20. The quantitative estimate of drug-likeness (QED) is 0.655. The number of rotatable bonds is 6. The molecule has 0 radical (unpaired) electrons. The van der Waals surface area contributed by atoms with Crippen molar-refractivity contribution in [3.8, 4) is 5.75 Å². The standard InChI is InChI=1S/C19H19N3O3S/c1-25-16-9-5-2-6-13(16)12-20-17(23)10-11-22-18(24)14-7-3-4-8-15(14)21-19(22)26/h2-9H,10-12H2,1H3,(H,20,23)(H,21,26). The minimum absolute atomic E-state index is 0.158. The zero-order valence-electron chi connectivity index (χ0n) is 14.3. The molecule has 6 nitrogen and oxygen atoms in total. The van der Waals surface area contributed by atoms with E-state index in [2.05, 4.69) is 10.3 Å². The van der Waals surface area contributed by atoms with Crippen molar-refractivity contribution in [2.45, 2.75) is 19.5 Å². The molecule has 0 aliphatic carbocycles. The van der Waals surface area contributed by atoms with Gasteiger partial charge < -0.3 is 15.0 Å². The molecule has 0 aliphatic heterocycles. The highest BCUT2D eigenvalue weighted by atomic mass is 32.1. The predicted octanol–water partition coefficient (Wildman–Crippen LogP) is 2.77. The minimum atomic E-state index is -0.193. The largest absolute Gasteiger partial charge is 0.496 e. The average molecular weight is 369 g/mol. The van der Waals surface area contributed by atoms with Crippen LogP contribution in [-0.4, -0.2) is 22.6 Å². The van der Waals surface area contributed by atoms with Crippen molar-refractivity contribution in [3.05, 3.63) is 69.2 Å². The molecule has 0 fully saturated rings. The highest BCUT2D eigenvalue weighted by Gasteiger charge is 2.09. The van der Waals surface area contributed by atoms with Crippen LogP contribution in [0.5, 0.6) is 5.75 Å². The van der Waals surface area contributed by atoms with Gasteiger partial charge in [0.05, 0.1) is 18.0 Å². The van der Waals surface area contributed by atoms with E-state index in [9.17, 15) is 9.59 Å². The average Bonchev–Trinajstić information content (AvgIpc) is 2.66. The Labute approximate surface area is 155 Å². The summed E-state index contributed by atoms with van der Waals surface area (Å²) in [5.41, 5.74) is 1.39. The molecule has 0 aliphatic rings. The number of para-hydroxylation sites is 2. The summed E-state index contributed by atoms with van der Waals surface area (Å²) in [6, 6.07) is 14.7. The summed E-state index contributed by atoms with van der Waals surface area (Å²) in [7, 11) is 1.59. The molecule has 26 heavy (non-hydrogen) atoms. The third-order valence-electron chi connectivity index (χ3n) is 4.12. The summed E-state index contributed by atoms with van der Waals surface area (Å²) in [4.78, 5) is 27.7. The number of nitrogens with one attached hydrogen (secondary N) is 2. The second-order valence-electron chi connectivity index (χ2n) is 5.77. The van der Waals surface area contributed by atoms with Crippen molar-refractivity contribution in [2.75, 3.05) is 7.11 Å². The summed E-state index contributed by atoms with van der Waals surface area (Å²) in [5, 5.41) is 3.39. The number of hydrogen-bond acceptors (Lipinski definition) is 4. The highest BCUT2D eigenvalue weighted by molar-refractivity contribution is 7.71. The van der Waals surface area contributed by atoms with Gasteiger partial charge in [0.15, 0.2) is 4.77 Å². The monoisotopic (exact) mass is 369 g/mol. The van der Waals surface area contributed by atoms with E-state index in [1.807, 2.05) is 30.3 Å². The number of carbonyl (C=O) groups excluding carboxylic acids is 1. The van der Waals surface area contributed by atoms with Gasteiger partial charge in [-0.1, -0.05) is 30.3 Å². The molecule has 1 aromatic heterocycles. The summed E-state index contributed by atoms with van der Waals surface area (Å²) < 4.78 is 6.99. The van der Waals surface area contributed by atoms with Crippen LogP contribution >= 0.6 is 12.2 Å². The maximum atomic E-state index is 12.6. The lowest BCUT2D eigenvalue weighted by Gasteiger charge is -2.10. The molecule has 0 atom stereocenters. The van der Waals surface area contributed by atoms with Gasteiger partial charge in [0.1, 0.15) is 5.75 Å². The Morgan fingerprint density at radius 3 is 2.73 bits per heavy atom. The Morgan fingerprint density at radius 2 is 1.92 bits per heavy atom. The van der Waals surface area contributed by atoms with Gasteiger partial charge in [-0.25, -0.2) is 0 Å². The van der Waals surface area contributed by atoms with Crippen molar-refractivity contribution in [2.24, 2.45) is 0 Å². The fourth-order valence-electron chi connectivity index (χ4n) is 2.75. The van der Waals surface area contributed by atoms with E-state index in [4.69, 9.17) is 17.0 Å². The molecule has 1 amide bonds. The first-order chi connectivity index (χ1) is 12.6. The van der Waals surface area contributed by atoms with Crippen LogP contribution in [0.2, 0.25) is 0 Å². The number of nitrogens with zero attached hydrogens (tertiary/aromatic N) is 1. The summed E-state index contributed by atoms with van der Waals surface area (Å²) in [6.07, 6.45) is 0.158. The topological polar surface area (TPSA) is 76.1 Å². The molecular formula is C19H19N3O3S. The molecule has 0 spiro atoms. The van der Waals surface area contributed by atoms with Crippen molar-refractivity contribution in [3.63, 3.8) is 0 Å². The summed E-state index contributed by atoms with van der Waals surface area (Å²) >= 11 is 5.25. The van der Waals surface area contributed by atoms with Crippen LogP contribution < -0.4 is 15.6 Å². The number of fused-ring (bicyclic) bond motifs is 1. The Morgan fingerprint density at radius 1 is 1.19 bits per heavy atom. The number of aromatic amines is 1. The number of H-pyrrole nitrogens is 1. The second-order valence-corrected chi connectivity index (χ2v) is 6.16. The Balaban J connectivity index is 1.67.